The lowest BCUT2D eigenvalue weighted by atomic mass is 9.88. The van der Waals surface area contributed by atoms with Crippen LogP contribution in [0.25, 0.3) is 0 Å². The molecule has 0 spiro atoms. The lowest BCUT2D eigenvalue weighted by Gasteiger charge is -2.35. The smallest absolute Gasteiger partial charge is 0.337 e. The molecule has 26 heavy (non-hydrogen) atoms. The third kappa shape index (κ3) is 5.88. The van der Waals surface area contributed by atoms with Gasteiger partial charge in [0.1, 0.15) is 18.3 Å². The van der Waals surface area contributed by atoms with E-state index in [1.165, 1.54) is 20.8 Å². The molecular weight excluding hydrogens is 348 g/mol. The van der Waals surface area contributed by atoms with Crippen LogP contribution in [0.1, 0.15) is 34.1 Å². The van der Waals surface area contributed by atoms with Gasteiger partial charge in [0.15, 0.2) is 11.9 Å². The van der Waals surface area contributed by atoms with Crippen molar-refractivity contribution in [1.82, 2.24) is 0 Å². The number of methoxy groups -OCH3 is 1. The molecule has 2 N–H and O–H groups in total. The van der Waals surface area contributed by atoms with Crippen LogP contribution in [0, 0.1) is 5.92 Å². The van der Waals surface area contributed by atoms with Gasteiger partial charge in [-0.25, -0.2) is 4.79 Å². The summed E-state index contributed by atoms with van der Waals surface area (Å²) in [6, 6.07) is 0. The van der Waals surface area contributed by atoms with E-state index in [1.807, 2.05) is 0 Å². The van der Waals surface area contributed by atoms with E-state index in [0.29, 0.717) is 13.0 Å². The highest BCUT2D eigenvalue weighted by atomic mass is 16.7. The van der Waals surface area contributed by atoms with Crippen LogP contribution in [0.15, 0.2) is 0 Å². The predicted molar refractivity (Wildman–Crippen MR) is 89.1 cm³/mol. The second-order valence-electron chi connectivity index (χ2n) is 6.91. The summed E-state index contributed by atoms with van der Waals surface area (Å²) in [6.45, 7) is 6.22. The van der Waals surface area contributed by atoms with E-state index in [0.717, 1.165) is 0 Å². The summed E-state index contributed by atoms with van der Waals surface area (Å²) in [6.07, 6.45) is -2.04. The normalized spacial score (nSPS) is 28.8. The first-order chi connectivity index (χ1) is 12.1. The summed E-state index contributed by atoms with van der Waals surface area (Å²) < 4.78 is 26.2. The molecular formula is C17H30O9. The van der Waals surface area contributed by atoms with E-state index < -0.39 is 41.5 Å². The van der Waals surface area contributed by atoms with Crippen LogP contribution < -0.4 is 0 Å². The Morgan fingerprint density at radius 1 is 1.15 bits per heavy atom. The van der Waals surface area contributed by atoms with Crippen LogP contribution >= 0.6 is 0 Å². The monoisotopic (exact) mass is 378 g/mol. The van der Waals surface area contributed by atoms with E-state index in [-0.39, 0.29) is 19.8 Å². The highest BCUT2D eigenvalue weighted by Gasteiger charge is 2.54. The Bertz CT molecular complexity index is 479. The molecule has 1 aliphatic heterocycles. The van der Waals surface area contributed by atoms with Gasteiger partial charge in [0, 0.05) is 33.0 Å². The Morgan fingerprint density at radius 2 is 1.81 bits per heavy atom. The van der Waals surface area contributed by atoms with Crippen LogP contribution in [-0.4, -0.2) is 79.3 Å². The molecule has 152 valence electrons. The lowest BCUT2D eigenvalue weighted by Crippen LogP contribution is -2.50. The van der Waals surface area contributed by atoms with Crippen molar-refractivity contribution in [3.63, 3.8) is 0 Å². The number of aliphatic hydroxyl groups is 2. The summed E-state index contributed by atoms with van der Waals surface area (Å²) in [5, 5.41) is 19.8. The maximum Gasteiger partial charge on any atom is 0.337 e. The molecule has 0 bridgehead atoms. The summed E-state index contributed by atoms with van der Waals surface area (Å²) in [5.74, 6) is -1.69. The molecule has 0 amide bonds. The van der Waals surface area contributed by atoms with E-state index >= 15 is 0 Å². The molecule has 9 heteroatoms. The molecule has 1 fully saturated rings. The number of ether oxygens (including phenoxy) is 5. The maximum atomic E-state index is 12.2. The van der Waals surface area contributed by atoms with Gasteiger partial charge in [-0.05, 0) is 13.8 Å². The van der Waals surface area contributed by atoms with Crippen molar-refractivity contribution in [1.29, 1.82) is 0 Å². The first kappa shape index (κ1) is 22.8. The second-order valence-corrected chi connectivity index (χ2v) is 6.91. The van der Waals surface area contributed by atoms with Crippen molar-refractivity contribution in [2.24, 2.45) is 5.92 Å². The van der Waals surface area contributed by atoms with Crippen molar-refractivity contribution in [3.05, 3.63) is 0 Å². The second kappa shape index (κ2) is 9.61. The molecule has 1 heterocycles. The summed E-state index contributed by atoms with van der Waals surface area (Å²) in [5.41, 5.74) is -2.57. The molecule has 0 aromatic rings. The quantitative estimate of drug-likeness (QED) is 0.400. The molecule has 0 aliphatic carbocycles. The minimum atomic E-state index is -1.44. The Labute approximate surface area is 153 Å². The topological polar surface area (TPSA) is 121 Å². The van der Waals surface area contributed by atoms with Gasteiger partial charge in [-0.15, -0.1) is 0 Å². The number of carbonyl (C=O) groups is 2. The summed E-state index contributed by atoms with van der Waals surface area (Å²) >= 11 is 0. The molecule has 4 unspecified atom stereocenters. The summed E-state index contributed by atoms with van der Waals surface area (Å²) in [7, 11) is 1.56. The minimum Gasteiger partial charge on any atom is -0.463 e. The van der Waals surface area contributed by atoms with Crippen LogP contribution in [-0.2, 0) is 33.3 Å². The molecule has 4 atom stereocenters. The van der Waals surface area contributed by atoms with Crippen molar-refractivity contribution < 1.29 is 43.5 Å². The van der Waals surface area contributed by atoms with Gasteiger partial charge in [-0.3, -0.25) is 4.79 Å². The minimum absolute atomic E-state index is 0.185. The highest BCUT2D eigenvalue weighted by molar-refractivity contribution is 5.78. The Balaban J connectivity index is 2.73. The van der Waals surface area contributed by atoms with Crippen LogP contribution in [0.3, 0.4) is 0 Å². The molecule has 0 aromatic carbocycles. The summed E-state index contributed by atoms with van der Waals surface area (Å²) in [4.78, 5) is 23.4. The molecule has 1 rings (SSSR count). The van der Waals surface area contributed by atoms with E-state index in [4.69, 9.17) is 23.7 Å². The van der Waals surface area contributed by atoms with Gasteiger partial charge in [0.05, 0.1) is 13.2 Å². The van der Waals surface area contributed by atoms with Crippen molar-refractivity contribution >= 4 is 11.9 Å². The predicted octanol–water partition coefficient (Wildman–Crippen LogP) is 0.00880. The van der Waals surface area contributed by atoms with Crippen molar-refractivity contribution in [3.8, 4) is 0 Å². The standard InChI is InChI=1S/C17H30O9/c1-11-13(19)14(20)26-17(11,9-24-12(2)18)10-25-16(3,4)15(21)23-8-6-7-22-5/h11,13-14,19-20H,6-10H2,1-5H3. The lowest BCUT2D eigenvalue weighted by molar-refractivity contribution is -0.213. The third-order valence-corrected chi connectivity index (χ3v) is 4.40. The Morgan fingerprint density at radius 3 is 2.31 bits per heavy atom. The van der Waals surface area contributed by atoms with E-state index in [9.17, 15) is 19.8 Å². The third-order valence-electron chi connectivity index (χ3n) is 4.40. The molecule has 9 nitrogen and oxygen atoms in total. The Kier molecular flexibility index (Phi) is 8.42. The fourth-order valence-corrected chi connectivity index (χ4v) is 2.48. The molecule has 0 radical (unpaired) electrons. The maximum absolute atomic E-state index is 12.2. The largest absolute Gasteiger partial charge is 0.463 e. The molecule has 0 aromatic heterocycles. The van der Waals surface area contributed by atoms with Crippen LogP contribution in [0.2, 0.25) is 0 Å². The molecule has 1 aliphatic rings. The van der Waals surface area contributed by atoms with Gasteiger partial charge in [-0.2, -0.15) is 0 Å². The number of hydrogen-bond acceptors (Lipinski definition) is 9. The number of esters is 2. The van der Waals surface area contributed by atoms with Gasteiger partial charge < -0.3 is 33.9 Å². The van der Waals surface area contributed by atoms with Gasteiger partial charge in [0.2, 0.25) is 0 Å². The van der Waals surface area contributed by atoms with Crippen LogP contribution in [0.5, 0.6) is 0 Å². The Hall–Kier alpha value is -1.26. The molecule has 1 saturated heterocycles. The highest BCUT2D eigenvalue weighted by Crippen LogP contribution is 2.37. The van der Waals surface area contributed by atoms with Gasteiger partial charge in [-0.1, -0.05) is 6.92 Å². The van der Waals surface area contributed by atoms with Gasteiger partial charge in [0.25, 0.3) is 0 Å². The van der Waals surface area contributed by atoms with E-state index in [1.54, 1.807) is 14.0 Å². The zero-order chi connectivity index (χ0) is 20.0. The SMILES string of the molecule is COCCCOC(=O)C(C)(C)OCC1(COC(C)=O)OC(O)C(O)C1C. The first-order valence-electron chi connectivity index (χ1n) is 8.53. The van der Waals surface area contributed by atoms with E-state index in [2.05, 4.69) is 0 Å². The fraction of sp³-hybridized carbons (Fsp3) is 0.882. The zero-order valence-electron chi connectivity index (χ0n) is 16.0. The van der Waals surface area contributed by atoms with Crippen molar-refractivity contribution in [2.75, 3.05) is 33.5 Å². The van der Waals surface area contributed by atoms with Crippen LogP contribution in [0.4, 0.5) is 0 Å². The zero-order valence-corrected chi connectivity index (χ0v) is 16.0. The number of aliphatic hydroxyl groups excluding tert-OH is 2. The number of carbonyl (C=O) groups excluding carboxylic acids is 2. The average molecular weight is 378 g/mol. The number of hydrogen-bond donors (Lipinski definition) is 2. The molecule has 0 saturated carbocycles. The first-order valence-corrected chi connectivity index (χ1v) is 8.53. The fourth-order valence-electron chi connectivity index (χ4n) is 2.48. The number of rotatable bonds is 10. The average Bonchev–Trinajstić information content (AvgIpc) is 2.79. The van der Waals surface area contributed by atoms with Gasteiger partial charge >= 0.3 is 11.9 Å². The van der Waals surface area contributed by atoms with Crippen molar-refractivity contribution in [2.45, 2.75) is 57.7 Å².